The first-order valence-corrected chi connectivity index (χ1v) is 10.1. The Morgan fingerprint density at radius 2 is 1.69 bits per heavy atom. The highest BCUT2D eigenvalue weighted by Crippen LogP contribution is 2.25. The Kier molecular flexibility index (Phi) is 4.51. The molecular formula is C20H16N4O4S. The van der Waals surface area contributed by atoms with Crippen LogP contribution in [0.1, 0.15) is 5.56 Å². The van der Waals surface area contributed by atoms with Gasteiger partial charge in [0.2, 0.25) is 0 Å². The number of nitrogens with zero attached hydrogens (tertiary/aromatic N) is 2. The molecule has 0 spiro atoms. The third-order valence-electron chi connectivity index (χ3n) is 4.42. The summed E-state index contributed by atoms with van der Waals surface area (Å²) in [5.41, 5.74) is 3.26. The van der Waals surface area contributed by atoms with Crippen molar-refractivity contribution in [3.63, 3.8) is 0 Å². The lowest BCUT2D eigenvalue weighted by atomic mass is 10.2. The zero-order chi connectivity index (χ0) is 20.6. The molecule has 29 heavy (non-hydrogen) atoms. The van der Waals surface area contributed by atoms with Crippen LogP contribution in [0.5, 0.6) is 0 Å². The van der Waals surface area contributed by atoms with Crippen LogP contribution in [0, 0.1) is 17.0 Å². The molecule has 1 aromatic heterocycles. The Balaban J connectivity index is 1.58. The molecule has 8 nitrogen and oxygen atoms in total. The fourth-order valence-corrected chi connectivity index (χ4v) is 3.93. The van der Waals surface area contributed by atoms with Gasteiger partial charge in [-0.25, -0.2) is 13.4 Å². The highest BCUT2D eigenvalue weighted by atomic mass is 32.2. The normalized spacial score (nSPS) is 11.5. The molecule has 0 aliphatic rings. The van der Waals surface area contributed by atoms with Gasteiger partial charge in [-0.3, -0.25) is 14.8 Å². The third-order valence-corrected chi connectivity index (χ3v) is 5.82. The van der Waals surface area contributed by atoms with E-state index in [-0.39, 0.29) is 10.6 Å². The Hall–Kier alpha value is -3.72. The number of sulfonamides is 1. The van der Waals surface area contributed by atoms with Crippen LogP contribution in [-0.2, 0) is 10.0 Å². The van der Waals surface area contributed by atoms with Gasteiger partial charge in [-0.1, -0.05) is 17.7 Å². The van der Waals surface area contributed by atoms with Crippen molar-refractivity contribution in [3.05, 3.63) is 82.4 Å². The van der Waals surface area contributed by atoms with Crippen LogP contribution in [0.25, 0.3) is 22.4 Å². The molecule has 2 N–H and O–H groups in total. The summed E-state index contributed by atoms with van der Waals surface area (Å²) in [5, 5.41) is 10.9. The van der Waals surface area contributed by atoms with Crippen molar-refractivity contribution in [1.82, 2.24) is 9.97 Å². The van der Waals surface area contributed by atoms with Crippen molar-refractivity contribution in [2.45, 2.75) is 11.8 Å². The maximum Gasteiger partial charge on any atom is 0.271 e. The summed E-state index contributed by atoms with van der Waals surface area (Å²) in [4.78, 5) is 18.1. The summed E-state index contributed by atoms with van der Waals surface area (Å²) in [6, 6.07) is 17.7. The number of hydrogen-bond donors (Lipinski definition) is 2. The first-order valence-electron chi connectivity index (χ1n) is 8.66. The molecule has 0 bridgehead atoms. The third kappa shape index (κ3) is 3.81. The van der Waals surface area contributed by atoms with Gasteiger partial charge in [0, 0.05) is 23.4 Å². The molecule has 4 rings (SSSR count). The molecule has 0 fully saturated rings. The van der Waals surface area contributed by atoms with E-state index in [1.807, 2.05) is 6.92 Å². The molecule has 9 heteroatoms. The van der Waals surface area contributed by atoms with E-state index in [0.717, 1.165) is 11.1 Å². The topological polar surface area (TPSA) is 118 Å². The number of fused-ring (bicyclic) bond motifs is 1. The molecule has 0 unspecified atom stereocenters. The molecule has 0 saturated heterocycles. The van der Waals surface area contributed by atoms with E-state index in [1.165, 1.54) is 12.1 Å². The smallest absolute Gasteiger partial charge is 0.271 e. The molecule has 0 radical (unpaired) electrons. The van der Waals surface area contributed by atoms with Crippen LogP contribution in [0.4, 0.5) is 11.4 Å². The van der Waals surface area contributed by atoms with Crippen molar-refractivity contribution in [1.29, 1.82) is 0 Å². The lowest BCUT2D eigenvalue weighted by Gasteiger charge is -2.08. The van der Waals surface area contributed by atoms with Gasteiger partial charge in [0.15, 0.2) is 0 Å². The number of nitro groups is 1. The molecule has 3 aromatic carbocycles. The van der Waals surface area contributed by atoms with Crippen molar-refractivity contribution < 1.29 is 13.3 Å². The second-order valence-electron chi connectivity index (χ2n) is 6.54. The summed E-state index contributed by atoms with van der Waals surface area (Å²) in [5.74, 6) is 0.536. The van der Waals surface area contributed by atoms with Gasteiger partial charge < -0.3 is 4.98 Å². The van der Waals surface area contributed by atoms with Crippen LogP contribution in [0.15, 0.2) is 71.6 Å². The summed E-state index contributed by atoms with van der Waals surface area (Å²) in [7, 11) is -3.68. The van der Waals surface area contributed by atoms with E-state index >= 15 is 0 Å². The average Bonchev–Trinajstić information content (AvgIpc) is 3.12. The van der Waals surface area contributed by atoms with Crippen LogP contribution in [-0.4, -0.2) is 23.3 Å². The zero-order valence-electron chi connectivity index (χ0n) is 15.3. The minimum absolute atomic E-state index is 0.0199. The van der Waals surface area contributed by atoms with Crippen LogP contribution < -0.4 is 4.72 Å². The van der Waals surface area contributed by atoms with E-state index in [1.54, 1.807) is 54.6 Å². The minimum Gasteiger partial charge on any atom is -0.338 e. The number of aromatic nitrogens is 2. The molecule has 1 heterocycles. The molecule has 146 valence electrons. The standard InChI is InChI=1S/C20H16N4O4S/c1-13-2-9-17(10-3-13)29(27,28)23-15-6-4-14(5-7-15)20-21-18-11-8-16(24(25)26)12-19(18)22-20/h2-12,23H,1H3,(H,21,22). The largest absolute Gasteiger partial charge is 0.338 e. The SMILES string of the molecule is Cc1ccc(S(=O)(=O)Nc2ccc(-c3nc4ccc([N+](=O)[O-])cc4[nH]3)cc2)cc1. The number of aryl methyl sites for hydroxylation is 1. The van der Waals surface area contributed by atoms with E-state index < -0.39 is 14.9 Å². The van der Waals surface area contributed by atoms with Gasteiger partial charge in [-0.2, -0.15) is 0 Å². The van der Waals surface area contributed by atoms with Gasteiger partial charge in [0.05, 0.1) is 20.9 Å². The van der Waals surface area contributed by atoms with Crippen LogP contribution in [0.3, 0.4) is 0 Å². The summed E-state index contributed by atoms with van der Waals surface area (Å²) in [6.45, 7) is 1.89. The number of hydrogen-bond acceptors (Lipinski definition) is 5. The second-order valence-corrected chi connectivity index (χ2v) is 8.22. The number of anilines is 1. The van der Waals surface area contributed by atoms with Crippen molar-refractivity contribution in [2.75, 3.05) is 4.72 Å². The number of H-pyrrole nitrogens is 1. The highest BCUT2D eigenvalue weighted by Gasteiger charge is 2.14. The monoisotopic (exact) mass is 408 g/mol. The lowest BCUT2D eigenvalue weighted by molar-refractivity contribution is -0.384. The van der Waals surface area contributed by atoms with Gasteiger partial charge in [-0.15, -0.1) is 0 Å². The molecular weight excluding hydrogens is 392 g/mol. The van der Waals surface area contributed by atoms with Gasteiger partial charge >= 0.3 is 0 Å². The number of nitro benzene ring substituents is 1. The molecule has 0 aliphatic carbocycles. The summed E-state index contributed by atoms with van der Waals surface area (Å²) in [6.07, 6.45) is 0. The zero-order valence-corrected chi connectivity index (χ0v) is 16.1. The van der Waals surface area contributed by atoms with E-state index in [9.17, 15) is 18.5 Å². The first kappa shape index (κ1) is 18.6. The number of imidazole rings is 1. The number of benzene rings is 3. The number of nitrogens with one attached hydrogen (secondary N) is 2. The van der Waals surface area contributed by atoms with Crippen LogP contribution >= 0.6 is 0 Å². The van der Waals surface area contributed by atoms with E-state index in [4.69, 9.17) is 0 Å². The molecule has 4 aromatic rings. The average molecular weight is 408 g/mol. The lowest BCUT2D eigenvalue weighted by Crippen LogP contribution is -2.12. The van der Waals surface area contributed by atoms with E-state index in [0.29, 0.717) is 22.5 Å². The number of aromatic amines is 1. The Morgan fingerprint density at radius 3 is 2.34 bits per heavy atom. The van der Waals surface area contributed by atoms with Gasteiger partial charge in [0.1, 0.15) is 5.82 Å². The second kappa shape index (κ2) is 7.02. The minimum atomic E-state index is -3.68. The molecule has 0 amide bonds. The van der Waals surface area contributed by atoms with Crippen molar-refractivity contribution >= 4 is 32.4 Å². The molecule has 0 aliphatic heterocycles. The van der Waals surface area contributed by atoms with Crippen molar-refractivity contribution in [2.24, 2.45) is 0 Å². The first-order chi connectivity index (χ1) is 13.8. The quantitative estimate of drug-likeness (QED) is 0.378. The maximum absolute atomic E-state index is 12.5. The highest BCUT2D eigenvalue weighted by molar-refractivity contribution is 7.92. The predicted octanol–water partition coefficient (Wildman–Crippen LogP) is 4.25. The Labute approximate surface area is 166 Å². The summed E-state index contributed by atoms with van der Waals surface area (Å²) >= 11 is 0. The van der Waals surface area contributed by atoms with E-state index in [2.05, 4.69) is 14.7 Å². The number of rotatable bonds is 5. The number of non-ortho nitro benzene ring substituents is 1. The predicted molar refractivity (Wildman–Crippen MR) is 110 cm³/mol. The summed E-state index contributed by atoms with van der Waals surface area (Å²) < 4.78 is 27.5. The fourth-order valence-electron chi connectivity index (χ4n) is 2.88. The van der Waals surface area contributed by atoms with Crippen molar-refractivity contribution in [3.8, 4) is 11.4 Å². The molecule has 0 atom stereocenters. The fraction of sp³-hybridized carbons (Fsp3) is 0.0500. The molecule has 0 saturated carbocycles. The Bertz CT molecular complexity index is 1310. The Morgan fingerprint density at radius 1 is 1.00 bits per heavy atom. The maximum atomic E-state index is 12.5. The van der Waals surface area contributed by atoms with Crippen LogP contribution in [0.2, 0.25) is 0 Å². The van der Waals surface area contributed by atoms with Gasteiger partial charge in [-0.05, 0) is 49.4 Å². The van der Waals surface area contributed by atoms with Gasteiger partial charge in [0.25, 0.3) is 15.7 Å².